The molecule has 29 heavy (non-hydrogen) atoms. The molecule has 7 nitrogen and oxygen atoms in total. The molecule has 1 saturated heterocycles. The van der Waals surface area contributed by atoms with Crippen LogP contribution in [0.3, 0.4) is 0 Å². The molecule has 8 heteroatoms. The number of benzene rings is 1. The average Bonchev–Trinajstić information content (AvgIpc) is 3.36. The van der Waals surface area contributed by atoms with E-state index >= 15 is 0 Å². The number of carbonyl (C=O) groups is 2. The zero-order valence-corrected chi connectivity index (χ0v) is 18.9. The molecular formula is C21H29BrN4O3. The van der Waals surface area contributed by atoms with Crippen molar-refractivity contribution in [3.8, 4) is 11.3 Å². The molecule has 2 unspecified atom stereocenters. The molecule has 0 saturated carbocycles. The molecular weight excluding hydrogens is 436 g/mol. The van der Waals surface area contributed by atoms with E-state index in [2.05, 4.69) is 36.0 Å². The molecule has 2 atom stereocenters. The van der Waals surface area contributed by atoms with Gasteiger partial charge in [-0.2, -0.15) is 0 Å². The van der Waals surface area contributed by atoms with Crippen LogP contribution >= 0.6 is 15.9 Å². The van der Waals surface area contributed by atoms with Gasteiger partial charge in [-0.05, 0) is 36.5 Å². The Morgan fingerprint density at radius 3 is 2.59 bits per heavy atom. The molecule has 2 heterocycles. The Labute approximate surface area is 180 Å². The van der Waals surface area contributed by atoms with Gasteiger partial charge in [0.05, 0.1) is 17.9 Å². The minimum absolute atomic E-state index is 0.0314. The second kappa shape index (κ2) is 11.1. The standard InChI is InChI=1S/C19H23BrN4O2.C2H6O/c1-12(2)17(22-11-25)19(26)24-9-3-4-16(24)18-21-10-15(23-18)13-5-7-14(20)8-6-13;1-3-2/h5-8,10-12,16-17H,3-4,9H2,1-2H3,(H,21,23)(H,22,25);1-2H3. The molecule has 1 aromatic carbocycles. The van der Waals surface area contributed by atoms with Crippen molar-refractivity contribution in [1.29, 1.82) is 0 Å². The number of methoxy groups -OCH3 is 1. The number of carbonyl (C=O) groups excluding carboxylic acids is 2. The molecule has 158 valence electrons. The van der Waals surface area contributed by atoms with Gasteiger partial charge >= 0.3 is 0 Å². The lowest BCUT2D eigenvalue weighted by molar-refractivity contribution is -0.137. The first-order valence-electron chi connectivity index (χ1n) is 9.64. The third kappa shape index (κ3) is 5.90. The van der Waals surface area contributed by atoms with Gasteiger partial charge in [0.2, 0.25) is 12.3 Å². The Morgan fingerprint density at radius 2 is 2.00 bits per heavy atom. The van der Waals surface area contributed by atoms with E-state index < -0.39 is 6.04 Å². The zero-order valence-electron chi connectivity index (χ0n) is 17.3. The number of nitrogens with zero attached hydrogens (tertiary/aromatic N) is 2. The Hall–Kier alpha value is -2.19. The lowest BCUT2D eigenvalue weighted by atomic mass is 10.0. The molecule has 1 fully saturated rings. The number of amides is 2. The second-order valence-electron chi connectivity index (χ2n) is 7.29. The summed E-state index contributed by atoms with van der Waals surface area (Å²) in [5, 5.41) is 2.66. The predicted molar refractivity (Wildman–Crippen MR) is 116 cm³/mol. The molecule has 2 aromatic rings. The Balaban J connectivity index is 0.000000941. The van der Waals surface area contributed by atoms with Gasteiger partial charge < -0.3 is 19.9 Å². The highest BCUT2D eigenvalue weighted by atomic mass is 79.9. The molecule has 1 aliphatic heterocycles. The fourth-order valence-corrected chi connectivity index (χ4v) is 3.66. The lowest BCUT2D eigenvalue weighted by Gasteiger charge is -2.29. The van der Waals surface area contributed by atoms with E-state index in [1.54, 1.807) is 14.2 Å². The van der Waals surface area contributed by atoms with E-state index in [-0.39, 0.29) is 17.9 Å². The largest absolute Gasteiger partial charge is 0.388 e. The molecule has 0 aliphatic carbocycles. The van der Waals surface area contributed by atoms with Crippen LogP contribution in [0.2, 0.25) is 0 Å². The molecule has 2 amide bonds. The number of rotatable bonds is 6. The van der Waals surface area contributed by atoms with Crippen LogP contribution < -0.4 is 5.32 Å². The molecule has 1 aliphatic rings. The zero-order chi connectivity index (χ0) is 21.4. The minimum Gasteiger partial charge on any atom is -0.388 e. The quantitative estimate of drug-likeness (QED) is 0.639. The third-order valence-electron chi connectivity index (χ3n) is 4.78. The van der Waals surface area contributed by atoms with Crippen LogP contribution in [0.4, 0.5) is 0 Å². The van der Waals surface area contributed by atoms with Crippen LogP contribution in [0.25, 0.3) is 11.3 Å². The Morgan fingerprint density at radius 1 is 1.34 bits per heavy atom. The normalized spacial score (nSPS) is 16.9. The first-order valence-corrected chi connectivity index (χ1v) is 10.4. The van der Waals surface area contributed by atoms with Gasteiger partial charge in [0.1, 0.15) is 11.9 Å². The number of imidazole rings is 1. The SMILES string of the molecule is CC(C)C(NC=O)C(=O)N1CCCC1c1ncc(-c2ccc(Br)cc2)[nH]1.COC. The summed E-state index contributed by atoms with van der Waals surface area (Å²) in [5.74, 6) is 0.780. The number of aromatic nitrogens is 2. The van der Waals surface area contributed by atoms with Crippen molar-refractivity contribution in [2.75, 3.05) is 20.8 Å². The van der Waals surface area contributed by atoms with Gasteiger partial charge in [-0.3, -0.25) is 9.59 Å². The monoisotopic (exact) mass is 464 g/mol. The average molecular weight is 465 g/mol. The molecule has 0 spiro atoms. The van der Waals surface area contributed by atoms with Crippen molar-refractivity contribution in [2.45, 2.75) is 38.8 Å². The maximum atomic E-state index is 12.9. The van der Waals surface area contributed by atoms with Crippen LogP contribution in [0.15, 0.2) is 34.9 Å². The number of halogens is 1. The van der Waals surface area contributed by atoms with E-state index in [0.717, 1.165) is 34.4 Å². The highest BCUT2D eigenvalue weighted by molar-refractivity contribution is 9.10. The van der Waals surface area contributed by atoms with Crippen molar-refractivity contribution in [1.82, 2.24) is 20.2 Å². The van der Waals surface area contributed by atoms with Crippen LogP contribution in [0, 0.1) is 5.92 Å². The first kappa shape index (κ1) is 23.1. The molecule has 3 rings (SSSR count). The van der Waals surface area contributed by atoms with Gasteiger partial charge in [0.15, 0.2) is 0 Å². The number of likely N-dealkylation sites (tertiary alicyclic amines) is 1. The van der Waals surface area contributed by atoms with E-state index in [1.807, 2.05) is 49.2 Å². The number of nitrogens with one attached hydrogen (secondary N) is 2. The van der Waals surface area contributed by atoms with E-state index in [1.165, 1.54) is 0 Å². The van der Waals surface area contributed by atoms with Crippen molar-refractivity contribution in [2.24, 2.45) is 5.92 Å². The maximum absolute atomic E-state index is 12.9. The number of ether oxygens (including phenoxy) is 1. The van der Waals surface area contributed by atoms with Gasteiger partial charge in [-0.15, -0.1) is 0 Å². The fourth-order valence-electron chi connectivity index (χ4n) is 3.40. The van der Waals surface area contributed by atoms with Crippen LogP contribution in [-0.4, -0.2) is 54.0 Å². The summed E-state index contributed by atoms with van der Waals surface area (Å²) in [7, 11) is 3.25. The van der Waals surface area contributed by atoms with Gasteiger partial charge in [-0.1, -0.05) is 41.9 Å². The maximum Gasteiger partial charge on any atom is 0.246 e. The van der Waals surface area contributed by atoms with E-state index in [0.29, 0.717) is 13.0 Å². The van der Waals surface area contributed by atoms with Crippen molar-refractivity contribution in [3.63, 3.8) is 0 Å². The van der Waals surface area contributed by atoms with E-state index in [4.69, 9.17) is 0 Å². The summed E-state index contributed by atoms with van der Waals surface area (Å²) >= 11 is 3.44. The number of hydrogen-bond donors (Lipinski definition) is 2. The van der Waals surface area contributed by atoms with Gasteiger partial charge in [0.25, 0.3) is 0 Å². The summed E-state index contributed by atoms with van der Waals surface area (Å²) in [6.07, 6.45) is 4.21. The smallest absolute Gasteiger partial charge is 0.246 e. The highest BCUT2D eigenvalue weighted by Gasteiger charge is 2.36. The first-order chi connectivity index (χ1) is 13.9. The summed E-state index contributed by atoms with van der Waals surface area (Å²) in [4.78, 5) is 33.5. The fraction of sp³-hybridized carbons (Fsp3) is 0.476. The second-order valence-corrected chi connectivity index (χ2v) is 8.21. The minimum atomic E-state index is -0.506. The van der Waals surface area contributed by atoms with Crippen molar-refractivity contribution < 1.29 is 14.3 Å². The van der Waals surface area contributed by atoms with Crippen molar-refractivity contribution >= 4 is 28.2 Å². The third-order valence-corrected chi connectivity index (χ3v) is 5.31. The summed E-state index contributed by atoms with van der Waals surface area (Å²) in [5.41, 5.74) is 1.98. The highest BCUT2D eigenvalue weighted by Crippen LogP contribution is 2.32. The molecule has 0 bridgehead atoms. The van der Waals surface area contributed by atoms with Gasteiger partial charge in [0, 0.05) is 25.2 Å². The summed E-state index contributed by atoms with van der Waals surface area (Å²) < 4.78 is 5.27. The van der Waals surface area contributed by atoms with Crippen LogP contribution in [0.1, 0.15) is 38.6 Å². The Bertz CT molecular complexity index is 791. The Kier molecular flexibility index (Phi) is 8.85. The van der Waals surface area contributed by atoms with Crippen LogP contribution in [-0.2, 0) is 14.3 Å². The topological polar surface area (TPSA) is 87.3 Å². The summed E-state index contributed by atoms with van der Waals surface area (Å²) in [6, 6.07) is 7.42. The predicted octanol–water partition coefficient (Wildman–Crippen LogP) is 3.54. The van der Waals surface area contributed by atoms with Crippen molar-refractivity contribution in [3.05, 3.63) is 40.8 Å². The number of hydrogen-bond acceptors (Lipinski definition) is 4. The number of aromatic amines is 1. The molecule has 1 aromatic heterocycles. The lowest BCUT2D eigenvalue weighted by Crippen LogP contribution is -2.48. The molecule has 2 N–H and O–H groups in total. The van der Waals surface area contributed by atoms with Crippen LogP contribution in [0.5, 0.6) is 0 Å². The molecule has 0 radical (unpaired) electrons. The van der Waals surface area contributed by atoms with Gasteiger partial charge in [-0.25, -0.2) is 4.98 Å². The van der Waals surface area contributed by atoms with E-state index in [9.17, 15) is 9.59 Å². The number of H-pyrrole nitrogens is 1. The summed E-state index contributed by atoms with van der Waals surface area (Å²) in [6.45, 7) is 4.55.